The van der Waals surface area contributed by atoms with Crippen LogP contribution < -0.4 is 0 Å². The molecule has 4 nitrogen and oxygen atoms in total. The second-order valence-electron chi connectivity index (χ2n) is 13.4. The number of ketones is 1. The lowest BCUT2D eigenvalue weighted by Crippen LogP contribution is -2.69. The van der Waals surface area contributed by atoms with Gasteiger partial charge in [0.1, 0.15) is 0 Å². The normalized spacial score (nSPS) is 50.3. The van der Waals surface area contributed by atoms with Gasteiger partial charge in [0, 0.05) is 12.3 Å². The van der Waals surface area contributed by atoms with Crippen molar-refractivity contribution in [1.82, 2.24) is 0 Å². The molecule has 4 aliphatic carbocycles. The molecule has 0 unspecified atom stereocenters. The number of carbonyl (C=O) groups is 1. The van der Waals surface area contributed by atoms with Crippen molar-refractivity contribution in [2.45, 2.75) is 111 Å². The molecule has 0 aromatic heterocycles. The van der Waals surface area contributed by atoms with Crippen molar-refractivity contribution >= 4 is 5.78 Å². The van der Waals surface area contributed by atoms with E-state index in [2.05, 4.69) is 34.3 Å². The summed E-state index contributed by atoms with van der Waals surface area (Å²) in [6, 6.07) is 0. The van der Waals surface area contributed by atoms with Crippen LogP contribution in [0.25, 0.3) is 0 Å². The number of aliphatic hydroxyl groups excluding tert-OH is 2. The molecule has 0 aliphatic heterocycles. The van der Waals surface area contributed by atoms with Gasteiger partial charge in [-0.3, -0.25) is 4.79 Å². The van der Waals surface area contributed by atoms with Gasteiger partial charge in [0.2, 0.25) is 0 Å². The number of aliphatic hydroxyl groups is 3. The van der Waals surface area contributed by atoms with Crippen molar-refractivity contribution in [1.29, 1.82) is 0 Å². The van der Waals surface area contributed by atoms with E-state index in [0.717, 1.165) is 38.5 Å². The van der Waals surface area contributed by atoms with E-state index >= 15 is 0 Å². The minimum absolute atomic E-state index is 0.131. The van der Waals surface area contributed by atoms with Crippen LogP contribution in [0.5, 0.6) is 0 Å². The van der Waals surface area contributed by atoms with Crippen molar-refractivity contribution in [2.75, 3.05) is 0 Å². The summed E-state index contributed by atoms with van der Waals surface area (Å²) < 4.78 is 0. The fourth-order valence-corrected chi connectivity index (χ4v) is 9.80. The molecular weight excluding hydrogens is 412 g/mol. The maximum absolute atomic E-state index is 12.8. The average molecular weight is 461 g/mol. The predicted molar refractivity (Wildman–Crippen MR) is 131 cm³/mol. The van der Waals surface area contributed by atoms with E-state index in [4.69, 9.17) is 0 Å². The van der Waals surface area contributed by atoms with E-state index in [0.29, 0.717) is 30.3 Å². The zero-order chi connectivity index (χ0) is 24.5. The summed E-state index contributed by atoms with van der Waals surface area (Å²) in [6.07, 6.45) is 5.68. The van der Waals surface area contributed by atoms with Crippen LogP contribution in [0.1, 0.15) is 92.9 Å². The van der Waals surface area contributed by atoms with Gasteiger partial charge in [-0.25, -0.2) is 0 Å². The number of fused-ring (bicyclic) bond motifs is 5. The van der Waals surface area contributed by atoms with E-state index in [9.17, 15) is 20.1 Å². The van der Waals surface area contributed by atoms with Gasteiger partial charge in [-0.2, -0.15) is 0 Å². The zero-order valence-corrected chi connectivity index (χ0v) is 21.8. The van der Waals surface area contributed by atoms with E-state index in [1.807, 2.05) is 13.8 Å². The molecule has 4 rings (SSSR count). The summed E-state index contributed by atoms with van der Waals surface area (Å²) in [4.78, 5) is 12.8. The Hall–Kier alpha value is -0.710. The Balaban J connectivity index is 1.60. The molecular formula is C29H48O4. The molecule has 33 heavy (non-hydrogen) atoms. The summed E-state index contributed by atoms with van der Waals surface area (Å²) in [5.41, 5.74) is -0.448. The summed E-state index contributed by atoms with van der Waals surface area (Å²) >= 11 is 0. The Kier molecular flexibility index (Phi) is 6.50. The number of rotatable bonds is 5. The Morgan fingerprint density at radius 3 is 2.30 bits per heavy atom. The van der Waals surface area contributed by atoms with E-state index in [-0.39, 0.29) is 52.3 Å². The third kappa shape index (κ3) is 3.69. The van der Waals surface area contributed by atoms with Crippen LogP contribution in [0, 0.1) is 52.3 Å². The first kappa shape index (κ1) is 25.4. The molecule has 0 bridgehead atoms. The molecule has 0 spiro atoms. The highest BCUT2D eigenvalue weighted by Crippen LogP contribution is 2.70. The molecule has 0 amide bonds. The zero-order valence-electron chi connectivity index (χ0n) is 21.8. The SMILES string of the molecule is C=C(C(=O)C[C@@H](C)[C@H]1CC[C@@H]2[C@]1(C)C[C@H](O)[C@@H]1[C@@]3(C)CC[C@H](O)[C@@H](C)[C@@H]3CC[C@@]21O)C(C)C. The topological polar surface area (TPSA) is 77.8 Å². The largest absolute Gasteiger partial charge is 0.393 e. The highest BCUT2D eigenvalue weighted by Gasteiger charge is 2.70. The molecule has 4 aliphatic rings. The maximum Gasteiger partial charge on any atom is 0.158 e. The first-order valence-electron chi connectivity index (χ1n) is 13.6. The lowest BCUT2D eigenvalue weighted by Gasteiger charge is -2.67. The summed E-state index contributed by atoms with van der Waals surface area (Å²) in [5.74, 6) is 1.46. The van der Waals surface area contributed by atoms with Crippen LogP contribution in [0.3, 0.4) is 0 Å². The Morgan fingerprint density at radius 1 is 1.00 bits per heavy atom. The van der Waals surface area contributed by atoms with Crippen molar-refractivity contribution in [3.8, 4) is 0 Å². The Bertz CT molecular complexity index is 790. The second-order valence-corrected chi connectivity index (χ2v) is 13.4. The van der Waals surface area contributed by atoms with Crippen LogP contribution >= 0.6 is 0 Å². The third-order valence-corrected chi connectivity index (χ3v) is 11.5. The minimum atomic E-state index is -0.861. The molecule has 188 valence electrons. The van der Waals surface area contributed by atoms with Gasteiger partial charge in [-0.1, -0.05) is 48.1 Å². The van der Waals surface area contributed by atoms with Gasteiger partial charge in [0.05, 0.1) is 17.8 Å². The van der Waals surface area contributed by atoms with Gasteiger partial charge >= 0.3 is 0 Å². The molecule has 0 saturated heterocycles. The molecule has 0 aromatic rings. The molecule has 11 atom stereocenters. The number of hydrogen-bond donors (Lipinski definition) is 3. The van der Waals surface area contributed by atoms with Gasteiger partial charge < -0.3 is 15.3 Å². The average Bonchev–Trinajstić information content (AvgIpc) is 3.07. The minimum Gasteiger partial charge on any atom is -0.393 e. The van der Waals surface area contributed by atoms with Gasteiger partial charge in [-0.05, 0) is 96.9 Å². The molecule has 0 radical (unpaired) electrons. The predicted octanol–water partition coefficient (Wildman–Crippen LogP) is 5.15. The first-order chi connectivity index (χ1) is 15.3. The van der Waals surface area contributed by atoms with Crippen molar-refractivity contribution in [3.05, 3.63) is 12.2 Å². The fraction of sp³-hybridized carbons (Fsp3) is 0.897. The van der Waals surface area contributed by atoms with Crippen LogP contribution in [0.4, 0.5) is 0 Å². The quantitative estimate of drug-likeness (QED) is 0.496. The van der Waals surface area contributed by atoms with E-state index < -0.39 is 11.7 Å². The van der Waals surface area contributed by atoms with Crippen LogP contribution in [-0.4, -0.2) is 38.9 Å². The number of Topliss-reactive ketones (excluding diaryl/α,β-unsaturated/α-hetero) is 1. The summed E-state index contributed by atoms with van der Waals surface area (Å²) in [5, 5.41) is 34.6. The van der Waals surface area contributed by atoms with Crippen LogP contribution in [-0.2, 0) is 4.79 Å². The lowest BCUT2D eigenvalue weighted by atomic mass is 9.40. The standard InChI is InChI=1S/C29H48O4/c1-16(2)18(4)23(31)14-17(3)20-8-9-25-28(20,7)15-24(32)26-27(6)12-11-22(30)19(5)21(27)10-13-29(25,26)33/h16-17,19-22,24-26,30,32-33H,4,8-15H2,1-3,5-7H3/t17-,19+,20-,21+,22+,24+,25-,26-,27+,28-,29-/m1/s1. The molecule has 3 N–H and O–H groups in total. The molecule has 4 saturated carbocycles. The number of carbonyl (C=O) groups excluding carboxylic acids is 1. The Labute approximate surface area is 201 Å². The van der Waals surface area contributed by atoms with E-state index in [1.165, 1.54) is 0 Å². The smallest absolute Gasteiger partial charge is 0.158 e. The second kappa shape index (κ2) is 8.45. The number of allylic oxidation sites excluding steroid dienone is 1. The molecule has 4 heteroatoms. The van der Waals surface area contributed by atoms with Gasteiger partial charge in [0.15, 0.2) is 5.78 Å². The highest BCUT2D eigenvalue weighted by molar-refractivity contribution is 5.95. The van der Waals surface area contributed by atoms with Crippen LogP contribution in [0.2, 0.25) is 0 Å². The maximum atomic E-state index is 12.8. The van der Waals surface area contributed by atoms with Crippen molar-refractivity contribution in [2.24, 2.45) is 52.3 Å². The van der Waals surface area contributed by atoms with Gasteiger partial charge in [-0.15, -0.1) is 0 Å². The van der Waals surface area contributed by atoms with Crippen molar-refractivity contribution in [3.63, 3.8) is 0 Å². The van der Waals surface area contributed by atoms with E-state index in [1.54, 1.807) is 0 Å². The lowest BCUT2D eigenvalue weighted by molar-refractivity contribution is -0.267. The van der Waals surface area contributed by atoms with Gasteiger partial charge in [0.25, 0.3) is 0 Å². The first-order valence-corrected chi connectivity index (χ1v) is 13.6. The van der Waals surface area contributed by atoms with Crippen LogP contribution in [0.15, 0.2) is 12.2 Å². The van der Waals surface area contributed by atoms with Crippen molar-refractivity contribution < 1.29 is 20.1 Å². The fourth-order valence-electron chi connectivity index (χ4n) is 9.80. The highest BCUT2D eigenvalue weighted by atomic mass is 16.3. The Morgan fingerprint density at radius 2 is 1.67 bits per heavy atom. The third-order valence-electron chi connectivity index (χ3n) is 11.5. The molecule has 0 aromatic carbocycles. The monoisotopic (exact) mass is 460 g/mol. The molecule has 0 heterocycles. The summed E-state index contributed by atoms with van der Waals surface area (Å²) in [7, 11) is 0. The number of hydrogen-bond acceptors (Lipinski definition) is 4. The summed E-state index contributed by atoms with van der Waals surface area (Å²) in [6.45, 7) is 17.0. The molecule has 4 fully saturated rings.